The van der Waals surface area contributed by atoms with Gasteiger partial charge >= 0.3 is 0 Å². The molecule has 21 heavy (non-hydrogen) atoms. The van der Waals surface area contributed by atoms with Crippen molar-refractivity contribution in [1.29, 1.82) is 0 Å². The number of pyridine rings is 1. The standard InChI is InChI=1S/C14H19N3O2.2ClH/c1-11(19-13-3-2-6-16-10-13)14(18)17-9-12-4-7-15-8-5-12;;/h2-4,6,10-11,15H,5,7-9H2,1H3,(H,17,18);2*1H. The summed E-state index contributed by atoms with van der Waals surface area (Å²) in [6.45, 7) is 4.19. The number of hydrogen-bond donors (Lipinski definition) is 2. The molecule has 7 heteroatoms. The number of aromatic nitrogens is 1. The Morgan fingerprint density at radius 2 is 2.33 bits per heavy atom. The smallest absolute Gasteiger partial charge is 0.261 e. The third-order valence-corrected chi connectivity index (χ3v) is 2.96. The molecule has 118 valence electrons. The monoisotopic (exact) mass is 333 g/mol. The molecule has 0 radical (unpaired) electrons. The highest BCUT2D eigenvalue weighted by Crippen LogP contribution is 2.09. The van der Waals surface area contributed by atoms with E-state index in [4.69, 9.17) is 4.74 Å². The molecule has 1 aromatic heterocycles. The van der Waals surface area contributed by atoms with Crippen LogP contribution in [0.15, 0.2) is 36.2 Å². The first-order valence-electron chi connectivity index (χ1n) is 6.49. The summed E-state index contributed by atoms with van der Waals surface area (Å²) in [6.07, 6.45) is 5.85. The van der Waals surface area contributed by atoms with Gasteiger partial charge in [-0.3, -0.25) is 9.78 Å². The van der Waals surface area contributed by atoms with Gasteiger partial charge < -0.3 is 15.4 Å². The van der Waals surface area contributed by atoms with Crippen molar-refractivity contribution in [3.05, 3.63) is 36.2 Å². The number of hydrogen-bond acceptors (Lipinski definition) is 4. The minimum Gasteiger partial charge on any atom is -0.479 e. The number of carbonyl (C=O) groups is 1. The van der Waals surface area contributed by atoms with Crippen LogP contribution in [0.25, 0.3) is 0 Å². The van der Waals surface area contributed by atoms with Crippen LogP contribution in [-0.2, 0) is 4.79 Å². The zero-order valence-electron chi connectivity index (χ0n) is 11.9. The van der Waals surface area contributed by atoms with E-state index in [1.54, 1.807) is 31.5 Å². The molecule has 0 saturated carbocycles. The fraction of sp³-hybridized carbons (Fsp3) is 0.429. The molecule has 2 N–H and O–H groups in total. The minimum absolute atomic E-state index is 0. The number of ether oxygens (including phenoxy) is 1. The van der Waals surface area contributed by atoms with Crippen molar-refractivity contribution in [3.63, 3.8) is 0 Å². The van der Waals surface area contributed by atoms with Gasteiger partial charge in [-0.05, 0) is 32.0 Å². The summed E-state index contributed by atoms with van der Waals surface area (Å²) in [5.74, 6) is 0.495. The average molecular weight is 334 g/mol. The first-order valence-corrected chi connectivity index (χ1v) is 6.49. The summed E-state index contributed by atoms with van der Waals surface area (Å²) in [6, 6.07) is 3.56. The minimum atomic E-state index is -0.522. The van der Waals surface area contributed by atoms with Crippen LogP contribution in [-0.4, -0.2) is 36.6 Å². The normalized spacial score (nSPS) is 14.8. The largest absolute Gasteiger partial charge is 0.479 e. The second kappa shape index (κ2) is 10.4. The van der Waals surface area contributed by atoms with E-state index in [0.717, 1.165) is 19.5 Å². The molecule has 2 rings (SSSR count). The van der Waals surface area contributed by atoms with E-state index in [0.29, 0.717) is 12.3 Å². The van der Waals surface area contributed by atoms with E-state index in [2.05, 4.69) is 21.7 Å². The Morgan fingerprint density at radius 1 is 1.52 bits per heavy atom. The van der Waals surface area contributed by atoms with Crippen LogP contribution in [0.1, 0.15) is 13.3 Å². The predicted octanol–water partition coefficient (Wildman–Crippen LogP) is 1.73. The van der Waals surface area contributed by atoms with Crippen molar-refractivity contribution >= 4 is 30.7 Å². The van der Waals surface area contributed by atoms with E-state index in [1.165, 1.54) is 5.57 Å². The fourth-order valence-electron chi connectivity index (χ4n) is 1.85. The molecule has 1 aliphatic rings. The molecular formula is C14H21Cl2N3O2. The third-order valence-electron chi connectivity index (χ3n) is 2.96. The van der Waals surface area contributed by atoms with Crippen molar-refractivity contribution in [2.75, 3.05) is 19.6 Å². The van der Waals surface area contributed by atoms with Crippen molar-refractivity contribution in [2.45, 2.75) is 19.4 Å². The second-order valence-corrected chi connectivity index (χ2v) is 4.48. The molecule has 2 heterocycles. The maximum Gasteiger partial charge on any atom is 0.261 e. The molecule has 1 unspecified atom stereocenters. The molecule has 0 spiro atoms. The van der Waals surface area contributed by atoms with Crippen molar-refractivity contribution in [2.24, 2.45) is 0 Å². The van der Waals surface area contributed by atoms with Crippen LogP contribution >= 0.6 is 24.8 Å². The van der Waals surface area contributed by atoms with Crippen LogP contribution in [0, 0.1) is 0 Å². The van der Waals surface area contributed by atoms with Gasteiger partial charge in [0.05, 0.1) is 6.20 Å². The van der Waals surface area contributed by atoms with E-state index in [-0.39, 0.29) is 30.7 Å². The third kappa shape index (κ3) is 6.80. The summed E-state index contributed by atoms with van der Waals surface area (Å²) in [5, 5.41) is 6.13. The van der Waals surface area contributed by atoms with Gasteiger partial charge in [0.1, 0.15) is 5.75 Å². The van der Waals surface area contributed by atoms with Crippen LogP contribution in [0.2, 0.25) is 0 Å². The summed E-state index contributed by atoms with van der Waals surface area (Å²) in [4.78, 5) is 15.8. The van der Waals surface area contributed by atoms with Crippen LogP contribution in [0.5, 0.6) is 5.75 Å². The van der Waals surface area contributed by atoms with E-state index in [9.17, 15) is 4.79 Å². The van der Waals surface area contributed by atoms with Crippen LogP contribution in [0.3, 0.4) is 0 Å². The number of halogens is 2. The highest BCUT2D eigenvalue weighted by atomic mass is 35.5. The zero-order valence-corrected chi connectivity index (χ0v) is 13.5. The maximum atomic E-state index is 11.9. The predicted molar refractivity (Wildman–Crippen MR) is 87.4 cm³/mol. The highest BCUT2D eigenvalue weighted by molar-refractivity contribution is 5.85. The van der Waals surface area contributed by atoms with Gasteiger partial charge in [0, 0.05) is 19.3 Å². The summed E-state index contributed by atoms with van der Waals surface area (Å²) in [7, 11) is 0. The maximum absolute atomic E-state index is 11.9. The molecule has 0 aliphatic carbocycles. The summed E-state index contributed by atoms with van der Waals surface area (Å²) >= 11 is 0. The lowest BCUT2D eigenvalue weighted by atomic mass is 10.1. The highest BCUT2D eigenvalue weighted by Gasteiger charge is 2.15. The average Bonchev–Trinajstić information content (AvgIpc) is 2.47. The fourth-order valence-corrected chi connectivity index (χ4v) is 1.85. The first kappa shape index (κ1) is 19.7. The molecule has 0 aromatic carbocycles. The number of rotatable bonds is 5. The molecule has 0 fully saturated rings. The van der Waals surface area contributed by atoms with Gasteiger partial charge in [-0.15, -0.1) is 24.8 Å². The number of amides is 1. The Morgan fingerprint density at radius 3 is 2.95 bits per heavy atom. The lowest BCUT2D eigenvalue weighted by Crippen LogP contribution is -2.38. The first-order chi connectivity index (χ1) is 9.25. The Labute approximate surface area is 137 Å². The molecule has 0 bridgehead atoms. The number of carbonyl (C=O) groups excluding carboxylic acids is 1. The van der Waals surface area contributed by atoms with Gasteiger partial charge in [-0.25, -0.2) is 0 Å². The molecule has 1 atom stereocenters. The van der Waals surface area contributed by atoms with Gasteiger partial charge in [0.2, 0.25) is 0 Å². The van der Waals surface area contributed by atoms with Crippen molar-refractivity contribution in [3.8, 4) is 5.75 Å². The van der Waals surface area contributed by atoms with Crippen molar-refractivity contribution < 1.29 is 9.53 Å². The Bertz CT molecular complexity index is 455. The second-order valence-electron chi connectivity index (χ2n) is 4.48. The van der Waals surface area contributed by atoms with Gasteiger partial charge in [-0.2, -0.15) is 0 Å². The SMILES string of the molecule is CC(Oc1cccnc1)C(=O)NCC1=CCNCC1.Cl.Cl. The van der Waals surface area contributed by atoms with E-state index < -0.39 is 6.10 Å². The molecule has 1 aliphatic heterocycles. The molecular weight excluding hydrogens is 313 g/mol. The van der Waals surface area contributed by atoms with Gasteiger partial charge in [-0.1, -0.05) is 11.6 Å². The quantitative estimate of drug-likeness (QED) is 0.805. The topological polar surface area (TPSA) is 63.2 Å². The van der Waals surface area contributed by atoms with E-state index >= 15 is 0 Å². The van der Waals surface area contributed by atoms with E-state index in [1.807, 2.05) is 0 Å². The van der Waals surface area contributed by atoms with Crippen molar-refractivity contribution in [1.82, 2.24) is 15.6 Å². The molecule has 5 nitrogen and oxygen atoms in total. The zero-order chi connectivity index (χ0) is 13.5. The Balaban J connectivity index is 0.00000200. The Hall–Kier alpha value is -1.30. The van der Waals surface area contributed by atoms with Crippen LogP contribution in [0.4, 0.5) is 0 Å². The molecule has 0 saturated heterocycles. The van der Waals surface area contributed by atoms with Crippen LogP contribution < -0.4 is 15.4 Å². The lowest BCUT2D eigenvalue weighted by molar-refractivity contribution is -0.127. The Kier molecular flexibility index (Phi) is 9.78. The summed E-state index contributed by atoms with van der Waals surface area (Å²) in [5.41, 5.74) is 1.26. The lowest BCUT2D eigenvalue weighted by Gasteiger charge is -2.17. The number of nitrogens with one attached hydrogen (secondary N) is 2. The van der Waals surface area contributed by atoms with Gasteiger partial charge in [0.15, 0.2) is 6.10 Å². The van der Waals surface area contributed by atoms with Gasteiger partial charge in [0.25, 0.3) is 5.91 Å². The number of nitrogens with zero attached hydrogens (tertiary/aromatic N) is 1. The summed E-state index contributed by atoms with van der Waals surface area (Å²) < 4.78 is 5.51. The molecule has 1 amide bonds. The molecule has 1 aromatic rings.